The lowest BCUT2D eigenvalue weighted by atomic mass is 9.88. The Morgan fingerprint density at radius 3 is 2.28 bits per heavy atom. The zero-order valence-electron chi connectivity index (χ0n) is 17.9. The average molecular weight is 430 g/mol. The van der Waals surface area contributed by atoms with Crippen molar-refractivity contribution in [2.75, 3.05) is 9.80 Å². The lowest BCUT2D eigenvalue weighted by molar-refractivity contribution is -0.132. The Bertz CT molecular complexity index is 1200. The van der Waals surface area contributed by atoms with Crippen LogP contribution in [0, 0.1) is 18.8 Å². The lowest BCUT2D eigenvalue weighted by Crippen LogP contribution is -2.48. The molecule has 0 spiro atoms. The van der Waals surface area contributed by atoms with Crippen LogP contribution in [0.1, 0.15) is 25.0 Å². The Hall–Kier alpha value is -3.74. The molecule has 0 saturated carbocycles. The summed E-state index contributed by atoms with van der Waals surface area (Å²) in [6.45, 7) is 4.77. The number of ketones is 1. The molecule has 0 unspecified atom stereocenters. The number of ether oxygens (including phenoxy) is 1. The molecule has 3 aliphatic heterocycles. The molecule has 3 heterocycles. The SMILES string of the molecule is CC(=O)Oc1ccc(N2C(=O)[C@@H]3[C@H](C2=O)[C@H](C(C)=O)N2c4ccc(C)cc4C=C[C@H]32)cc1. The second kappa shape index (κ2) is 7.15. The molecule has 5 rings (SSSR count). The third-order valence-electron chi connectivity index (χ3n) is 6.43. The summed E-state index contributed by atoms with van der Waals surface area (Å²) in [7, 11) is 0. The highest BCUT2D eigenvalue weighted by Gasteiger charge is 2.63. The fraction of sp³-hybridized carbons (Fsp3) is 0.280. The summed E-state index contributed by atoms with van der Waals surface area (Å²) in [4.78, 5) is 54.0. The minimum atomic E-state index is -0.755. The van der Waals surface area contributed by atoms with Gasteiger partial charge in [0.25, 0.3) is 0 Å². The van der Waals surface area contributed by atoms with Crippen molar-refractivity contribution in [3.05, 3.63) is 59.7 Å². The fourth-order valence-corrected chi connectivity index (χ4v) is 5.24. The van der Waals surface area contributed by atoms with Crippen LogP contribution in [-0.4, -0.2) is 35.7 Å². The van der Waals surface area contributed by atoms with Gasteiger partial charge in [0.05, 0.1) is 23.6 Å². The van der Waals surface area contributed by atoms with Crippen LogP contribution in [0.15, 0.2) is 48.5 Å². The molecule has 7 heteroatoms. The van der Waals surface area contributed by atoms with E-state index in [4.69, 9.17) is 4.74 Å². The number of hydrogen-bond acceptors (Lipinski definition) is 6. The predicted molar refractivity (Wildman–Crippen MR) is 118 cm³/mol. The number of carbonyl (C=O) groups is 4. The van der Waals surface area contributed by atoms with Gasteiger partial charge in [0.1, 0.15) is 11.8 Å². The van der Waals surface area contributed by atoms with Gasteiger partial charge in [0.2, 0.25) is 11.8 Å². The number of nitrogens with zero attached hydrogens (tertiary/aromatic N) is 2. The molecule has 2 aromatic rings. The van der Waals surface area contributed by atoms with E-state index >= 15 is 0 Å². The van der Waals surface area contributed by atoms with E-state index in [1.807, 2.05) is 42.2 Å². The highest BCUT2D eigenvalue weighted by molar-refractivity contribution is 6.24. The first-order valence-electron chi connectivity index (χ1n) is 10.5. The summed E-state index contributed by atoms with van der Waals surface area (Å²) in [6, 6.07) is 11.1. The van der Waals surface area contributed by atoms with E-state index in [1.165, 1.54) is 18.7 Å². The first-order chi connectivity index (χ1) is 15.3. The van der Waals surface area contributed by atoms with E-state index in [-0.39, 0.29) is 23.6 Å². The van der Waals surface area contributed by atoms with Crippen molar-refractivity contribution in [1.82, 2.24) is 0 Å². The highest BCUT2D eigenvalue weighted by atomic mass is 16.5. The largest absolute Gasteiger partial charge is 0.427 e. The smallest absolute Gasteiger partial charge is 0.308 e. The zero-order chi connectivity index (χ0) is 22.7. The van der Waals surface area contributed by atoms with Crippen molar-refractivity contribution >= 4 is 41.0 Å². The number of esters is 1. The number of carbonyl (C=O) groups excluding carboxylic acids is 4. The molecule has 4 atom stereocenters. The number of rotatable bonds is 3. The van der Waals surface area contributed by atoms with Crippen LogP contribution in [-0.2, 0) is 19.2 Å². The van der Waals surface area contributed by atoms with Crippen LogP contribution in [0.4, 0.5) is 11.4 Å². The van der Waals surface area contributed by atoms with Crippen LogP contribution >= 0.6 is 0 Å². The van der Waals surface area contributed by atoms with Crippen LogP contribution in [0.5, 0.6) is 5.75 Å². The molecule has 2 aromatic carbocycles. The van der Waals surface area contributed by atoms with Crippen LogP contribution in [0.25, 0.3) is 6.08 Å². The van der Waals surface area contributed by atoms with Crippen molar-refractivity contribution in [2.24, 2.45) is 11.8 Å². The number of benzene rings is 2. The van der Waals surface area contributed by atoms with Gasteiger partial charge in [0.15, 0.2) is 5.78 Å². The number of anilines is 2. The van der Waals surface area contributed by atoms with Crippen LogP contribution in [0.2, 0.25) is 0 Å². The summed E-state index contributed by atoms with van der Waals surface area (Å²) in [5.41, 5.74) is 3.34. The maximum Gasteiger partial charge on any atom is 0.308 e. The lowest BCUT2D eigenvalue weighted by Gasteiger charge is -2.36. The summed E-state index contributed by atoms with van der Waals surface area (Å²) in [5.74, 6) is -2.36. The molecule has 0 bridgehead atoms. The van der Waals surface area contributed by atoms with Gasteiger partial charge in [-0.15, -0.1) is 0 Å². The predicted octanol–water partition coefficient (Wildman–Crippen LogP) is 2.90. The maximum absolute atomic E-state index is 13.5. The molecule has 0 aliphatic carbocycles. The van der Waals surface area contributed by atoms with Gasteiger partial charge in [-0.1, -0.05) is 23.8 Å². The van der Waals surface area contributed by atoms with E-state index in [0.29, 0.717) is 11.4 Å². The number of hydrogen-bond donors (Lipinski definition) is 0. The van der Waals surface area contributed by atoms with Crippen molar-refractivity contribution in [3.63, 3.8) is 0 Å². The van der Waals surface area contributed by atoms with Gasteiger partial charge in [-0.25, -0.2) is 4.90 Å². The Kier molecular flexibility index (Phi) is 4.51. The van der Waals surface area contributed by atoms with Gasteiger partial charge in [-0.05, 0) is 55.8 Å². The number of Topliss-reactive ketones (excluding diaryl/α,β-unsaturated/α-hetero) is 1. The third kappa shape index (κ3) is 2.88. The summed E-state index contributed by atoms with van der Waals surface area (Å²) in [6.07, 6.45) is 3.90. The van der Waals surface area contributed by atoms with Crippen LogP contribution < -0.4 is 14.5 Å². The topological polar surface area (TPSA) is 84.0 Å². The zero-order valence-corrected chi connectivity index (χ0v) is 17.9. The van der Waals surface area contributed by atoms with Crippen molar-refractivity contribution in [2.45, 2.75) is 32.9 Å². The monoisotopic (exact) mass is 430 g/mol. The minimum Gasteiger partial charge on any atom is -0.427 e. The highest BCUT2D eigenvalue weighted by Crippen LogP contribution is 2.49. The van der Waals surface area contributed by atoms with Gasteiger partial charge in [-0.2, -0.15) is 0 Å². The summed E-state index contributed by atoms with van der Waals surface area (Å²) < 4.78 is 5.03. The van der Waals surface area contributed by atoms with E-state index in [0.717, 1.165) is 16.8 Å². The van der Waals surface area contributed by atoms with Crippen LogP contribution in [0.3, 0.4) is 0 Å². The van der Waals surface area contributed by atoms with Gasteiger partial charge >= 0.3 is 5.97 Å². The Morgan fingerprint density at radius 2 is 1.62 bits per heavy atom. The Labute approximate surface area is 185 Å². The average Bonchev–Trinajstić information content (AvgIpc) is 3.21. The van der Waals surface area contributed by atoms with Crippen molar-refractivity contribution in [3.8, 4) is 5.75 Å². The normalized spacial score (nSPS) is 25.5. The van der Waals surface area contributed by atoms with E-state index < -0.39 is 23.8 Å². The molecular formula is C25H22N2O5. The van der Waals surface area contributed by atoms with Gasteiger partial charge < -0.3 is 9.64 Å². The second-order valence-corrected chi connectivity index (χ2v) is 8.53. The molecule has 3 aliphatic rings. The van der Waals surface area contributed by atoms with E-state index in [9.17, 15) is 19.2 Å². The Morgan fingerprint density at radius 1 is 0.938 bits per heavy atom. The summed E-state index contributed by atoms with van der Waals surface area (Å²) in [5, 5.41) is 0. The maximum atomic E-state index is 13.5. The second-order valence-electron chi connectivity index (χ2n) is 8.53. The first-order valence-corrected chi connectivity index (χ1v) is 10.5. The summed E-state index contributed by atoms with van der Waals surface area (Å²) >= 11 is 0. The molecule has 0 radical (unpaired) electrons. The number of fused-ring (bicyclic) bond motifs is 5. The van der Waals surface area contributed by atoms with Gasteiger partial charge in [0, 0.05) is 12.6 Å². The molecule has 2 amide bonds. The molecule has 2 fully saturated rings. The van der Waals surface area contributed by atoms with Gasteiger partial charge in [-0.3, -0.25) is 19.2 Å². The number of amides is 2. The molecule has 32 heavy (non-hydrogen) atoms. The first kappa shape index (κ1) is 20.2. The fourth-order valence-electron chi connectivity index (χ4n) is 5.24. The van der Waals surface area contributed by atoms with E-state index in [2.05, 4.69) is 0 Å². The standard InChI is InChI=1S/C25H22N2O5/c1-13-4-10-19-16(12-13)5-11-20-21-22(23(14(2)28)27(19)20)25(31)26(24(21)30)17-6-8-18(9-7-17)32-15(3)29/h4-12,20-23H,1-3H3/t20-,21+,22+,23+/m1/s1. The molecule has 162 valence electrons. The molecule has 7 nitrogen and oxygen atoms in total. The molecule has 0 aromatic heterocycles. The molecule has 0 N–H and O–H groups in total. The van der Waals surface area contributed by atoms with Crippen molar-refractivity contribution < 1.29 is 23.9 Å². The number of imide groups is 1. The third-order valence-corrected chi connectivity index (χ3v) is 6.43. The minimum absolute atomic E-state index is 0.141. The molecule has 2 saturated heterocycles. The van der Waals surface area contributed by atoms with E-state index in [1.54, 1.807) is 24.3 Å². The molecular weight excluding hydrogens is 408 g/mol. The van der Waals surface area contributed by atoms with Crippen molar-refractivity contribution in [1.29, 1.82) is 0 Å². The Balaban J connectivity index is 1.54. The quantitative estimate of drug-likeness (QED) is 0.423. The number of aryl methyl sites for hydroxylation is 1.